The van der Waals surface area contributed by atoms with E-state index in [-0.39, 0.29) is 6.10 Å². The normalized spacial score (nSPS) is 21.5. The Morgan fingerprint density at radius 1 is 1.47 bits per heavy atom. The van der Waals surface area contributed by atoms with Crippen LogP contribution >= 0.6 is 0 Å². The Kier molecular flexibility index (Phi) is 4.36. The highest BCUT2D eigenvalue weighted by atomic mass is 32.2. The molecule has 6 nitrogen and oxygen atoms in total. The molecule has 7 heteroatoms. The van der Waals surface area contributed by atoms with Crippen LogP contribution in [0.5, 0.6) is 5.88 Å². The molecule has 1 aromatic rings. The summed E-state index contributed by atoms with van der Waals surface area (Å²) in [4.78, 5) is 0. The molecule has 0 aromatic carbocycles. The van der Waals surface area contributed by atoms with Crippen LogP contribution in [-0.2, 0) is 10.0 Å². The van der Waals surface area contributed by atoms with Gasteiger partial charge >= 0.3 is 0 Å². The van der Waals surface area contributed by atoms with Crippen molar-refractivity contribution in [2.24, 2.45) is 0 Å². The van der Waals surface area contributed by atoms with Crippen molar-refractivity contribution in [2.45, 2.75) is 38.0 Å². The Bertz CT molecular complexity index is 504. The van der Waals surface area contributed by atoms with E-state index in [1.807, 2.05) is 0 Å². The first kappa shape index (κ1) is 14.2. The molecule has 2 rings (SSSR count). The highest BCUT2D eigenvalue weighted by Crippen LogP contribution is 2.20. The van der Waals surface area contributed by atoms with E-state index in [9.17, 15) is 8.42 Å². The van der Waals surface area contributed by atoms with Crippen molar-refractivity contribution in [1.82, 2.24) is 14.5 Å². The van der Waals surface area contributed by atoms with Gasteiger partial charge in [-0.15, -0.1) is 5.10 Å². The molecule has 0 aliphatic carbocycles. The molecule has 0 bridgehead atoms. The molecule has 1 aromatic heterocycles. The van der Waals surface area contributed by atoms with Gasteiger partial charge < -0.3 is 4.74 Å². The zero-order chi connectivity index (χ0) is 13.9. The molecule has 19 heavy (non-hydrogen) atoms. The Morgan fingerprint density at radius 2 is 2.26 bits per heavy atom. The molecule has 0 spiro atoms. The van der Waals surface area contributed by atoms with Crippen LogP contribution in [0.25, 0.3) is 0 Å². The van der Waals surface area contributed by atoms with Gasteiger partial charge in [-0.1, -0.05) is 0 Å². The molecule has 1 unspecified atom stereocenters. The first-order chi connectivity index (χ1) is 9.00. The van der Waals surface area contributed by atoms with Crippen LogP contribution in [0.15, 0.2) is 18.3 Å². The number of rotatable bonds is 4. The SMILES string of the molecule is CC(C)S(=O)(=O)N1CCCC(Oc2cccnn2)C1. The fourth-order valence-electron chi connectivity index (χ4n) is 2.05. The molecule has 1 atom stereocenters. The summed E-state index contributed by atoms with van der Waals surface area (Å²) < 4.78 is 31.4. The monoisotopic (exact) mass is 285 g/mol. The minimum Gasteiger partial charge on any atom is -0.472 e. The highest BCUT2D eigenvalue weighted by Gasteiger charge is 2.31. The third kappa shape index (κ3) is 3.42. The molecule has 1 aliphatic rings. The molecule has 0 radical (unpaired) electrons. The average molecular weight is 285 g/mol. The maximum absolute atomic E-state index is 12.1. The summed E-state index contributed by atoms with van der Waals surface area (Å²) in [6.07, 6.45) is 3.06. The Hall–Kier alpha value is -1.21. The van der Waals surface area contributed by atoms with Crippen molar-refractivity contribution in [3.05, 3.63) is 18.3 Å². The number of nitrogens with zero attached hydrogens (tertiary/aromatic N) is 3. The number of sulfonamides is 1. The molecule has 106 valence electrons. The van der Waals surface area contributed by atoms with Crippen molar-refractivity contribution in [3.63, 3.8) is 0 Å². The number of ether oxygens (including phenoxy) is 1. The van der Waals surface area contributed by atoms with Crippen LogP contribution in [0, 0.1) is 0 Å². The van der Waals surface area contributed by atoms with Gasteiger partial charge in [0.25, 0.3) is 0 Å². The molecule has 2 heterocycles. The lowest BCUT2D eigenvalue weighted by Gasteiger charge is -2.32. The number of aromatic nitrogens is 2. The van der Waals surface area contributed by atoms with E-state index in [0.717, 1.165) is 12.8 Å². The second kappa shape index (κ2) is 5.83. The smallest absolute Gasteiger partial charge is 0.233 e. The van der Waals surface area contributed by atoms with Gasteiger partial charge in [0.2, 0.25) is 15.9 Å². The van der Waals surface area contributed by atoms with E-state index in [2.05, 4.69) is 10.2 Å². The van der Waals surface area contributed by atoms with E-state index in [0.29, 0.717) is 19.0 Å². The van der Waals surface area contributed by atoms with E-state index in [1.165, 1.54) is 4.31 Å². The molecule has 0 amide bonds. The third-order valence-corrected chi connectivity index (χ3v) is 5.37. The Labute approximate surface area is 113 Å². The maximum atomic E-state index is 12.1. The van der Waals surface area contributed by atoms with Gasteiger partial charge in [-0.05, 0) is 32.8 Å². The number of hydrogen-bond donors (Lipinski definition) is 0. The molecule has 0 saturated carbocycles. The van der Waals surface area contributed by atoms with Crippen molar-refractivity contribution in [2.75, 3.05) is 13.1 Å². The van der Waals surface area contributed by atoms with Crippen LogP contribution < -0.4 is 4.74 Å². The van der Waals surface area contributed by atoms with Gasteiger partial charge in [0.1, 0.15) is 6.10 Å². The molecule has 1 saturated heterocycles. The predicted octanol–water partition coefficient (Wildman–Crippen LogP) is 1.06. The second-order valence-electron chi connectivity index (χ2n) is 4.90. The topological polar surface area (TPSA) is 72.4 Å². The van der Waals surface area contributed by atoms with Gasteiger partial charge in [0, 0.05) is 18.8 Å². The zero-order valence-electron chi connectivity index (χ0n) is 11.2. The fraction of sp³-hybridized carbons (Fsp3) is 0.667. The molecule has 1 fully saturated rings. The minimum atomic E-state index is -3.21. The predicted molar refractivity (Wildman–Crippen MR) is 71.3 cm³/mol. The first-order valence-electron chi connectivity index (χ1n) is 6.43. The van der Waals surface area contributed by atoms with Crippen molar-refractivity contribution in [3.8, 4) is 5.88 Å². The van der Waals surface area contributed by atoms with Crippen molar-refractivity contribution in [1.29, 1.82) is 0 Å². The number of piperidine rings is 1. The summed E-state index contributed by atoms with van der Waals surface area (Å²) >= 11 is 0. The molecule has 0 N–H and O–H groups in total. The minimum absolute atomic E-state index is 0.154. The lowest BCUT2D eigenvalue weighted by molar-refractivity contribution is 0.123. The lowest BCUT2D eigenvalue weighted by atomic mass is 10.1. The first-order valence-corrected chi connectivity index (χ1v) is 7.94. The van der Waals surface area contributed by atoms with Crippen molar-refractivity contribution < 1.29 is 13.2 Å². The van der Waals surface area contributed by atoms with E-state index >= 15 is 0 Å². The number of hydrogen-bond acceptors (Lipinski definition) is 5. The van der Waals surface area contributed by atoms with Crippen LogP contribution in [0.1, 0.15) is 26.7 Å². The van der Waals surface area contributed by atoms with Crippen LogP contribution in [-0.4, -0.2) is 47.4 Å². The van der Waals surface area contributed by atoms with E-state index < -0.39 is 15.3 Å². The lowest BCUT2D eigenvalue weighted by Crippen LogP contribution is -2.46. The van der Waals surface area contributed by atoms with Crippen LogP contribution in [0.4, 0.5) is 0 Å². The summed E-state index contributed by atoms with van der Waals surface area (Å²) in [5.74, 6) is 0.441. The fourth-order valence-corrected chi connectivity index (χ4v) is 3.41. The summed E-state index contributed by atoms with van der Waals surface area (Å²) in [5.41, 5.74) is 0. The summed E-state index contributed by atoms with van der Waals surface area (Å²) in [5, 5.41) is 7.19. The van der Waals surface area contributed by atoms with Gasteiger partial charge in [-0.2, -0.15) is 9.40 Å². The van der Waals surface area contributed by atoms with Crippen LogP contribution in [0.2, 0.25) is 0 Å². The van der Waals surface area contributed by atoms with Gasteiger partial charge in [0.05, 0.1) is 11.8 Å². The Balaban J connectivity index is 2.02. The van der Waals surface area contributed by atoms with E-state index in [4.69, 9.17) is 4.74 Å². The van der Waals surface area contributed by atoms with Crippen LogP contribution in [0.3, 0.4) is 0 Å². The molecule has 1 aliphatic heterocycles. The average Bonchev–Trinajstić information content (AvgIpc) is 2.40. The van der Waals surface area contributed by atoms with Gasteiger partial charge in [-0.3, -0.25) is 0 Å². The zero-order valence-corrected chi connectivity index (χ0v) is 12.0. The van der Waals surface area contributed by atoms with Gasteiger partial charge in [0.15, 0.2) is 0 Å². The molecular formula is C12H19N3O3S. The summed E-state index contributed by atoms with van der Waals surface area (Å²) in [7, 11) is -3.21. The summed E-state index contributed by atoms with van der Waals surface area (Å²) in [6.45, 7) is 4.35. The maximum Gasteiger partial charge on any atom is 0.233 e. The highest BCUT2D eigenvalue weighted by molar-refractivity contribution is 7.89. The second-order valence-corrected chi connectivity index (χ2v) is 7.38. The largest absolute Gasteiger partial charge is 0.472 e. The quantitative estimate of drug-likeness (QED) is 0.827. The van der Waals surface area contributed by atoms with E-state index in [1.54, 1.807) is 32.2 Å². The third-order valence-electron chi connectivity index (χ3n) is 3.13. The standard InChI is InChI=1S/C12H19N3O3S/c1-10(2)19(16,17)15-8-4-5-11(9-15)18-12-6-3-7-13-14-12/h3,6-7,10-11H,4-5,8-9H2,1-2H3. The summed E-state index contributed by atoms with van der Waals surface area (Å²) in [6, 6.07) is 3.47. The van der Waals surface area contributed by atoms with Crippen molar-refractivity contribution >= 4 is 10.0 Å². The Morgan fingerprint density at radius 3 is 2.89 bits per heavy atom. The van der Waals surface area contributed by atoms with Gasteiger partial charge in [-0.25, -0.2) is 8.42 Å². The molecular weight excluding hydrogens is 266 g/mol.